The summed E-state index contributed by atoms with van der Waals surface area (Å²) >= 11 is 6.60. The van der Waals surface area contributed by atoms with Crippen LogP contribution < -0.4 is 0 Å². The van der Waals surface area contributed by atoms with Gasteiger partial charge in [0.1, 0.15) is 0 Å². The molecule has 0 fully saturated rings. The Balaban J connectivity index is 2.30. The Morgan fingerprint density at radius 3 is 2.60 bits per heavy atom. The Kier molecular flexibility index (Phi) is 4.95. The van der Waals surface area contributed by atoms with Crippen LogP contribution in [0.1, 0.15) is 5.56 Å². The Morgan fingerprint density at radius 2 is 2.00 bits per heavy atom. The van der Waals surface area contributed by atoms with Gasteiger partial charge in [-0.25, -0.2) is 8.42 Å². The van der Waals surface area contributed by atoms with E-state index in [2.05, 4.69) is 36.8 Å². The highest BCUT2D eigenvalue weighted by molar-refractivity contribution is 9.11. The molecular formula is C13H12Br2N2O2S. The first-order chi connectivity index (χ1) is 9.41. The molecule has 7 heteroatoms. The molecule has 20 heavy (non-hydrogen) atoms. The van der Waals surface area contributed by atoms with Crippen molar-refractivity contribution < 1.29 is 8.42 Å². The summed E-state index contributed by atoms with van der Waals surface area (Å²) in [5.74, 6) is 0. The van der Waals surface area contributed by atoms with Crippen LogP contribution in [0.3, 0.4) is 0 Å². The number of hydrogen-bond donors (Lipinski definition) is 0. The molecule has 0 saturated heterocycles. The zero-order valence-corrected chi connectivity index (χ0v) is 14.6. The van der Waals surface area contributed by atoms with Crippen LogP contribution in [0.4, 0.5) is 0 Å². The van der Waals surface area contributed by atoms with Crippen LogP contribution in [0, 0.1) is 0 Å². The van der Waals surface area contributed by atoms with Crippen LogP contribution in [-0.2, 0) is 16.6 Å². The van der Waals surface area contributed by atoms with Crippen LogP contribution in [0.5, 0.6) is 0 Å². The normalized spacial score (nSPS) is 11.8. The Bertz CT molecular complexity index is 706. The lowest BCUT2D eigenvalue weighted by Gasteiger charge is -2.18. The molecule has 2 rings (SSSR count). The minimum absolute atomic E-state index is 0.243. The molecule has 4 nitrogen and oxygen atoms in total. The van der Waals surface area contributed by atoms with Crippen molar-refractivity contribution in [2.24, 2.45) is 0 Å². The predicted octanol–water partition coefficient (Wildman–Crippen LogP) is 3.43. The molecule has 0 aliphatic rings. The first-order valence-electron chi connectivity index (χ1n) is 5.71. The molecule has 0 aliphatic carbocycles. The van der Waals surface area contributed by atoms with Gasteiger partial charge in [-0.3, -0.25) is 4.98 Å². The number of nitrogens with zero attached hydrogens (tertiary/aromatic N) is 2. The molecular weight excluding hydrogens is 408 g/mol. The van der Waals surface area contributed by atoms with Gasteiger partial charge in [0.25, 0.3) is 0 Å². The Morgan fingerprint density at radius 1 is 1.25 bits per heavy atom. The second-order valence-electron chi connectivity index (χ2n) is 4.20. The summed E-state index contributed by atoms with van der Waals surface area (Å²) in [5.41, 5.74) is 0.840. The number of aromatic nitrogens is 1. The topological polar surface area (TPSA) is 50.3 Å². The SMILES string of the molecule is CN(Cc1cccnc1)S(=O)(=O)c1ccc(Br)cc1Br. The van der Waals surface area contributed by atoms with Gasteiger partial charge in [0.15, 0.2) is 0 Å². The lowest BCUT2D eigenvalue weighted by atomic mass is 10.3. The third-order valence-corrected chi connectivity index (χ3v) is 5.98. The van der Waals surface area contributed by atoms with Gasteiger partial charge in [-0.1, -0.05) is 22.0 Å². The second-order valence-corrected chi connectivity index (χ2v) is 7.98. The van der Waals surface area contributed by atoms with E-state index in [1.54, 1.807) is 43.7 Å². The number of halogens is 2. The standard InChI is InChI=1S/C13H12Br2N2O2S/c1-17(9-10-3-2-6-16-8-10)20(18,19)13-5-4-11(14)7-12(13)15/h2-8H,9H2,1H3. The van der Waals surface area contributed by atoms with E-state index in [-0.39, 0.29) is 11.4 Å². The highest BCUT2D eigenvalue weighted by Gasteiger charge is 2.23. The fraction of sp³-hybridized carbons (Fsp3) is 0.154. The van der Waals surface area contributed by atoms with Crippen molar-refractivity contribution >= 4 is 41.9 Å². The van der Waals surface area contributed by atoms with Crippen molar-refractivity contribution in [3.63, 3.8) is 0 Å². The zero-order chi connectivity index (χ0) is 14.8. The van der Waals surface area contributed by atoms with Gasteiger partial charge >= 0.3 is 0 Å². The molecule has 2 aromatic rings. The van der Waals surface area contributed by atoms with Gasteiger partial charge in [0.05, 0.1) is 4.90 Å². The van der Waals surface area contributed by atoms with Crippen molar-refractivity contribution in [1.82, 2.24) is 9.29 Å². The number of sulfonamides is 1. The van der Waals surface area contributed by atoms with Gasteiger partial charge in [-0.15, -0.1) is 0 Å². The van der Waals surface area contributed by atoms with Crippen LogP contribution in [0.25, 0.3) is 0 Å². The summed E-state index contributed by atoms with van der Waals surface area (Å²) in [6.07, 6.45) is 3.31. The summed E-state index contributed by atoms with van der Waals surface area (Å²) in [4.78, 5) is 4.23. The average molecular weight is 420 g/mol. The molecule has 0 spiro atoms. The lowest BCUT2D eigenvalue weighted by Crippen LogP contribution is -2.26. The highest BCUT2D eigenvalue weighted by Crippen LogP contribution is 2.28. The second kappa shape index (κ2) is 6.34. The number of pyridine rings is 1. The minimum Gasteiger partial charge on any atom is -0.264 e. The number of hydrogen-bond acceptors (Lipinski definition) is 3. The zero-order valence-electron chi connectivity index (χ0n) is 10.6. The van der Waals surface area contributed by atoms with Crippen LogP contribution in [0.15, 0.2) is 56.6 Å². The van der Waals surface area contributed by atoms with Crippen molar-refractivity contribution in [2.45, 2.75) is 11.4 Å². The van der Waals surface area contributed by atoms with Crippen molar-refractivity contribution in [3.8, 4) is 0 Å². The molecule has 0 unspecified atom stereocenters. The van der Waals surface area contributed by atoms with E-state index >= 15 is 0 Å². The first-order valence-corrected chi connectivity index (χ1v) is 8.74. The van der Waals surface area contributed by atoms with Gasteiger partial charge in [0.2, 0.25) is 10.0 Å². The van der Waals surface area contributed by atoms with Crippen LogP contribution >= 0.6 is 31.9 Å². The van der Waals surface area contributed by atoms with E-state index in [4.69, 9.17) is 0 Å². The van der Waals surface area contributed by atoms with E-state index in [0.717, 1.165) is 10.0 Å². The molecule has 0 amide bonds. The lowest BCUT2D eigenvalue weighted by molar-refractivity contribution is 0.466. The van der Waals surface area contributed by atoms with E-state index in [1.807, 2.05) is 6.07 Å². The van der Waals surface area contributed by atoms with Gasteiger partial charge in [-0.05, 0) is 45.8 Å². The monoisotopic (exact) mass is 418 g/mol. The molecule has 106 valence electrons. The Labute approximate surface area is 135 Å². The molecule has 0 bridgehead atoms. The fourth-order valence-corrected chi connectivity index (χ4v) is 4.55. The molecule has 1 aromatic heterocycles. The average Bonchev–Trinajstić information content (AvgIpc) is 2.39. The third kappa shape index (κ3) is 3.46. The summed E-state index contributed by atoms with van der Waals surface area (Å²) in [5, 5.41) is 0. The van der Waals surface area contributed by atoms with Crippen LogP contribution in [-0.4, -0.2) is 24.8 Å². The van der Waals surface area contributed by atoms with E-state index < -0.39 is 10.0 Å². The van der Waals surface area contributed by atoms with Gasteiger partial charge in [-0.2, -0.15) is 4.31 Å². The summed E-state index contributed by atoms with van der Waals surface area (Å²) in [6.45, 7) is 0.276. The van der Waals surface area contributed by atoms with Crippen LogP contribution in [0.2, 0.25) is 0 Å². The maximum Gasteiger partial charge on any atom is 0.244 e. The van der Waals surface area contributed by atoms with Crippen molar-refractivity contribution in [3.05, 3.63) is 57.2 Å². The van der Waals surface area contributed by atoms with Crippen molar-refractivity contribution in [2.75, 3.05) is 7.05 Å². The smallest absolute Gasteiger partial charge is 0.244 e. The molecule has 0 N–H and O–H groups in total. The maximum atomic E-state index is 12.5. The van der Waals surface area contributed by atoms with Gasteiger partial charge < -0.3 is 0 Å². The van der Waals surface area contributed by atoms with E-state index in [0.29, 0.717) is 4.47 Å². The maximum absolute atomic E-state index is 12.5. The molecule has 0 atom stereocenters. The summed E-state index contributed by atoms with van der Waals surface area (Å²) < 4.78 is 27.7. The fourth-order valence-electron chi connectivity index (χ4n) is 1.69. The molecule has 0 radical (unpaired) electrons. The van der Waals surface area contributed by atoms with Crippen molar-refractivity contribution in [1.29, 1.82) is 0 Å². The Hall–Kier alpha value is -0.760. The largest absolute Gasteiger partial charge is 0.264 e. The number of rotatable bonds is 4. The number of benzene rings is 1. The minimum atomic E-state index is -3.55. The molecule has 1 heterocycles. The summed E-state index contributed by atoms with van der Waals surface area (Å²) in [7, 11) is -1.99. The third-order valence-electron chi connectivity index (χ3n) is 2.71. The van der Waals surface area contributed by atoms with E-state index in [9.17, 15) is 8.42 Å². The molecule has 1 aromatic carbocycles. The first kappa shape index (κ1) is 15.6. The molecule has 0 saturated carbocycles. The molecule has 0 aliphatic heterocycles. The van der Waals surface area contributed by atoms with Gasteiger partial charge in [0, 0.05) is 34.9 Å². The quantitative estimate of drug-likeness (QED) is 0.762. The van der Waals surface area contributed by atoms with E-state index in [1.165, 1.54) is 4.31 Å². The summed E-state index contributed by atoms with van der Waals surface area (Å²) in [6, 6.07) is 8.62. The predicted molar refractivity (Wildman–Crippen MR) is 84.7 cm³/mol. The highest BCUT2D eigenvalue weighted by atomic mass is 79.9.